The predicted octanol–water partition coefficient (Wildman–Crippen LogP) is 5.39. The Balaban J connectivity index is 1.43. The predicted molar refractivity (Wildman–Crippen MR) is 109 cm³/mol. The minimum Gasteiger partial charge on any atom is -0.449 e. The van der Waals surface area contributed by atoms with Crippen LogP contribution in [0.15, 0.2) is 42.5 Å². The van der Waals surface area contributed by atoms with Crippen LogP contribution >= 0.6 is 11.6 Å². The zero-order valence-corrected chi connectivity index (χ0v) is 16.3. The largest absolute Gasteiger partial charge is 0.449 e. The van der Waals surface area contributed by atoms with Crippen molar-refractivity contribution in [1.29, 1.82) is 0 Å². The molecule has 4 rings (SSSR count). The second-order valence-electron chi connectivity index (χ2n) is 7.71. The minimum atomic E-state index is -0.390. The summed E-state index contributed by atoms with van der Waals surface area (Å²) < 4.78 is 5.58. The van der Waals surface area contributed by atoms with Gasteiger partial charge in [0.05, 0.1) is 12.3 Å². The van der Waals surface area contributed by atoms with Crippen LogP contribution in [-0.4, -0.2) is 24.8 Å². The summed E-state index contributed by atoms with van der Waals surface area (Å²) in [5.74, 6) is 0.457. The number of fused-ring (bicyclic) bond motifs is 2. The number of benzene rings is 2. The molecule has 4 nitrogen and oxygen atoms in total. The molecule has 0 saturated carbocycles. The Morgan fingerprint density at radius 1 is 1.19 bits per heavy atom. The van der Waals surface area contributed by atoms with Crippen LogP contribution in [0.2, 0.25) is 5.02 Å². The third kappa shape index (κ3) is 4.28. The maximum atomic E-state index is 12.5. The molecule has 0 aliphatic carbocycles. The van der Waals surface area contributed by atoms with E-state index in [1.165, 1.54) is 12.8 Å². The van der Waals surface area contributed by atoms with Gasteiger partial charge in [-0.05, 0) is 61.8 Å². The number of anilines is 1. The molecule has 2 fully saturated rings. The lowest BCUT2D eigenvalue weighted by Crippen LogP contribution is -2.39. The molecule has 2 heterocycles. The maximum absolute atomic E-state index is 12.5. The molecule has 2 aromatic rings. The van der Waals surface area contributed by atoms with Gasteiger partial charge in [0.2, 0.25) is 0 Å². The minimum absolute atomic E-state index is 0.390. The van der Waals surface area contributed by atoms with Crippen LogP contribution in [0.5, 0.6) is 0 Å². The Kier molecular flexibility index (Phi) is 5.37. The van der Waals surface area contributed by atoms with Crippen molar-refractivity contribution >= 4 is 23.4 Å². The molecular weight excluding hydrogens is 360 g/mol. The van der Waals surface area contributed by atoms with E-state index in [1.54, 1.807) is 0 Å². The number of aryl methyl sites for hydroxylation is 1. The standard InChI is InChI=1S/C22H25ClN2O2/c1-14-4-2-7-20(16-5-3-6-17(23)12-16)21(14)25-22(26)27-13-15-10-18-8-9-19(11-15)24-18/h2-7,12,15,18-19,24H,8-11,13H2,1H3,(H,25,26). The number of hydrogen-bond donors (Lipinski definition) is 2. The number of rotatable bonds is 4. The van der Waals surface area contributed by atoms with Crippen LogP contribution in [-0.2, 0) is 4.74 Å². The number of carbonyl (C=O) groups excluding carboxylic acids is 1. The molecule has 0 spiro atoms. The number of amides is 1. The van der Waals surface area contributed by atoms with Crippen molar-refractivity contribution in [1.82, 2.24) is 5.32 Å². The molecular formula is C22H25ClN2O2. The SMILES string of the molecule is Cc1cccc(-c2cccc(Cl)c2)c1NC(=O)OCC1CC2CCC(C1)N2. The van der Waals surface area contributed by atoms with Gasteiger partial charge in [-0.1, -0.05) is 41.9 Å². The van der Waals surface area contributed by atoms with E-state index in [-0.39, 0.29) is 0 Å². The molecule has 2 bridgehead atoms. The summed E-state index contributed by atoms with van der Waals surface area (Å²) in [5.41, 5.74) is 3.67. The average Bonchev–Trinajstić information content (AvgIpc) is 3.00. The number of carbonyl (C=O) groups is 1. The van der Waals surface area contributed by atoms with E-state index in [4.69, 9.17) is 16.3 Å². The first-order chi connectivity index (χ1) is 13.1. The van der Waals surface area contributed by atoms with Gasteiger partial charge in [-0.15, -0.1) is 0 Å². The van der Waals surface area contributed by atoms with Crippen molar-refractivity contribution in [3.63, 3.8) is 0 Å². The van der Waals surface area contributed by atoms with Gasteiger partial charge in [0.25, 0.3) is 0 Å². The highest BCUT2D eigenvalue weighted by atomic mass is 35.5. The van der Waals surface area contributed by atoms with Gasteiger partial charge in [-0.25, -0.2) is 4.79 Å². The summed E-state index contributed by atoms with van der Waals surface area (Å²) in [6, 6.07) is 14.8. The molecule has 2 saturated heterocycles. The smallest absolute Gasteiger partial charge is 0.411 e. The van der Waals surface area contributed by atoms with Crippen molar-refractivity contribution in [3.05, 3.63) is 53.1 Å². The number of para-hydroxylation sites is 1. The molecule has 5 heteroatoms. The van der Waals surface area contributed by atoms with Gasteiger partial charge in [-0.3, -0.25) is 5.32 Å². The van der Waals surface area contributed by atoms with Crippen LogP contribution in [0, 0.1) is 12.8 Å². The number of halogens is 1. The van der Waals surface area contributed by atoms with Gasteiger partial charge in [0.1, 0.15) is 0 Å². The highest BCUT2D eigenvalue weighted by Crippen LogP contribution is 2.33. The van der Waals surface area contributed by atoms with E-state index >= 15 is 0 Å². The molecule has 2 aliphatic rings. The fourth-order valence-corrected chi connectivity index (χ4v) is 4.56. The van der Waals surface area contributed by atoms with Gasteiger partial charge < -0.3 is 10.1 Å². The monoisotopic (exact) mass is 384 g/mol. The van der Waals surface area contributed by atoms with Crippen LogP contribution in [0.1, 0.15) is 31.2 Å². The Hall–Kier alpha value is -2.04. The van der Waals surface area contributed by atoms with Crippen molar-refractivity contribution in [2.75, 3.05) is 11.9 Å². The molecule has 27 heavy (non-hydrogen) atoms. The summed E-state index contributed by atoms with van der Waals surface area (Å²) >= 11 is 6.14. The highest BCUT2D eigenvalue weighted by Gasteiger charge is 2.33. The van der Waals surface area contributed by atoms with E-state index in [9.17, 15) is 4.79 Å². The first-order valence-electron chi connectivity index (χ1n) is 9.64. The normalized spacial score (nSPS) is 23.9. The van der Waals surface area contributed by atoms with Crippen LogP contribution in [0.25, 0.3) is 11.1 Å². The fourth-order valence-electron chi connectivity index (χ4n) is 4.37. The van der Waals surface area contributed by atoms with E-state index in [0.29, 0.717) is 29.6 Å². The van der Waals surface area contributed by atoms with Gasteiger partial charge >= 0.3 is 6.09 Å². The van der Waals surface area contributed by atoms with E-state index in [0.717, 1.165) is 35.2 Å². The molecule has 2 unspecified atom stereocenters. The highest BCUT2D eigenvalue weighted by molar-refractivity contribution is 6.30. The number of ether oxygens (including phenoxy) is 1. The number of piperidine rings is 1. The molecule has 0 aromatic heterocycles. The van der Waals surface area contributed by atoms with E-state index < -0.39 is 6.09 Å². The Morgan fingerprint density at radius 2 is 1.93 bits per heavy atom. The first-order valence-corrected chi connectivity index (χ1v) is 10.0. The lowest BCUT2D eigenvalue weighted by molar-refractivity contribution is 0.122. The summed E-state index contributed by atoms with van der Waals surface area (Å²) in [6.07, 6.45) is 4.31. The first kappa shape index (κ1) is 18.3. The average molecular weight is 385 g/mol. The molecule has 2 atom stereocenters. The Labute approximate surface area is 165 Å². The van der Waals surface area contributed by atoms with Crippen molar-refractivity contribution in [3.8, 4) is 11.1 Å². The molecule has 1 amide bonds. The third-order valence-electron chi connectivity index (χ3n) is 5.66. The van der Waals surface area contributed by atoms with Crippen molar-refractivity contribution in [2.45, 2.75) is 44.7 Å². The zero-order chi connectivity index (χ0) is 18.8. The lowest BCUT2D eigenvalue weighted by Gasteiger charge is -2.28. The van der Waals surface area contributed by atoms with Gasteiger partial charge in [0.15, 0.2) is 0 Å². The van der Waals surface area contributed by atoms with Crippen LogP contribution in [0.4, 0.5) is 10.5 Å². The molecule has 142 valence electrons. The van der Waals surface area contributed by atoms with Crippen molar-refractivity contribution < 1.29 is 9.53 Å². The molecule has 2 aromatic carbocycles. The Bertz CT molecular complexity index is 827. The Morgan fingerprint density at radius 3 is 2.67 bits per heavy atom. The number of hydrogen-bond acceptors (Lipinski definition) is 3. The van der Waals surface area contributed by atoms with Gasteiger partial charge in [0, 0.05) is 22.7 Å². The van der Waals surface area contributed by atoms with Gasteiger partial charge in [-0.2, -0.15) is 0 Å². The molecule has 2 N–H and O–H groups in total. The summed E-state index contributed by atoms with van der Waals surface area (Å²) in [4.78, 5) is 12.5. The van der Waals surface area contributed by atoms with E-state index in [2.05, 4.69) is 10.6 Å². The summed E-state index contributed by atoms with van der Waals surface area (Å²) in [7, 11) is 0. The topological polar surface area (TPSA) is 50.4 Å². The lowest BCUT2D eigenvalue weighted by atomic mass is 9.93. The molecule has 0 radical (unpaired) electrons. The van der Waals surface area contributed by atoms with Crippen molar-refractivity contribution in [2.24, 2.45) is 5.92 Å². The second kappa shape index (κ2) is 7.91. The zero-order valence-electron chi connectivity index (χ0n) is 15.5. The van der Waals surface area contributed by atoms with Crippen LogP contribution < -0.4 is 10.6 Å². The fraction of sp³-hybridized carbons (Fsp3) is 0.409. The second-order valence-corrected chi connectivity index (χ2v) is 8.14. The van der Waals surface area contributed by atoms with Crippen LogP contribution in [0.3, 0.4) is 0 Å². The summed E-state index contributed by atoms with van der Waals surface area (Å²) in [6.45, 7) is 2.47. The quantitative estimate of drug-likeness (QED) is 0.742. The summed E-state index contributed by atoms with van der Waals surface area (Å²) in [5, 5.41) is 7.24. The number of nitrogens with one attached hydrogen (secondary N) is 2. The molecule has 2 aliphatic heterocycles. The maximum Gasteiger partial charge on any atom is 0.411 e. The van der Waals surface area contributed by atoms with E-state index in [1.807, 2.05) is 49.4 Å². The third-order valence-corrected chi connectivity index (χ3v) is 5.89.